The average molecular weight is 363 g/mol. The first-order valence-corrected chi connectivity index (χ1v) is 7.47. The fourth-order valence-corrected chi connectivity index (χ4v) is 3.30. The summed E-state index contributed by atoms with van der Waals surface area (Å²) in [6.07, 6.45) is 2.27. The van der Waals surface area contributed by atoms with E-state index in [9.17, 15) is 0 Å². The van der Waals surface area contributed by atoms with Gasteiger partial charge in [-0.1, -0.05) is 31.9 Å². The summed E-state index contributed by atoms with van der Waals surface area (Å²) in [5, 5.41) is 0. The third kappa shape index (κ3) is 3.11. The van der Waals surface area contributed by atoms with Crippen LogP contribution in [0.1, 0.15) is 30.0 Å². The molecule has 0 saturated carbocycles. The topological polar surface area (TPSA) is 35.2 Å². The van der Waals surface area contributed by atoms with Crippen molar-refractivity contribution in [2.75, 3.05) is 13.2 Å². The van der Waals surface area contributed by atoms with Gasteiger partial charge in [-0.25, -0.2) is 0 Å². The molecule has 1 fully saturated rings. The van der Waals surface area contributed by atoms with Gasteiger partial charge in [0.15, 0.2) is 0 Å². The monoisotopic (exact) mass is 361 g/mol. The maximum atomic E-state index is 6.36. The molecule has 17 heavy (non-hydrogen) atoms. The van der Waals surface area contributed by atoms with Crippen molar-refractivity contribution >= 4 is 31.9 Å². The number of nitrogens with two attached hydrogens (primary N) is 1. The van der Waals surface area contributed by atoms with Crippen LogP contribution in [-0.4, -0.2) is 13.2 Å². The van der Waals surface area contributed by atoms with E-state index >= 15 is 0 Å². The van der Waals surface area contributed by atoms with Crippen molar-refractivity contribution < 1.29 is 4.74 Å². The Labute approximate surface area is 119 Å². The summed E-state index contributed by atoms with van der Waals surface area (Å²) in [7, 11) is 0. The minimum Gasteiger partial charge on any atom is -0.381 e. The van der Waals surface area contributed by atoms with Crippen LogP contribution in [0, 0.1) is 12.8 Å². The Kier molecular flexibility index (Phi) is 4.64. The molecule has 1 aliphatic heterocycles. The molecule has 2 atom stereocenters. The van der Waals surface area contributed by atoms with Crippen molar-refractivity contribution in [2.24, 2.45) is 11.7 Å². The molecule has 0 aromatic heterocycles. The number of hydrogen-bond donors (Lipinski definition) is 1. The van der Waals surface area contributed by atoms with Crippen LogP contribution >= 0.6 is 31.9 Å². The van der Waals surface area contributed by atoms with Crippen LogP contribution in [0.15, 0.2) is 21.1 Å². The molecule has 1 saturated heterocycles. The van der Waals surface area contributed by atoms with E-state index in [2.05, 4.69) is 50.9 Å². The predicted octanol–water partition coefficient (Wildman–Crippen LogP) is 3.95. The molecule has 4 heteroatoms. The summed E-state index contributed by atoms with van der Waals surface area (Å²) in [6.45, 7) is 3.73. The van der Waals surface area contributed by atoms with Gasteiger partial charge in [0.2, 0.25) is 0 Å². The van der Waals surface area contributed by atoms with Crippen molar-refractivity contribution in [3.63, 3.8) is 0 Å². The van der Waals surface area contributed by atoms with Crippen molar-refractivity contribution in [1.29, 1.82) is 0 Å². The molecule has 0 radical (unpaired) electrons. The lowest BCUT2D eigenvalue weighted by Gasteiger charge is -2.28. The third-order valence-corrected chi connectivity index (χ3v) is 4.88. The second-order valence-corrected chi connectivity index (χ2v) is 6.33. The largest absolute Gasteiger partial charge is 0.381 e. The van der Waals surface area contributed by atoms with Gasteiger partial charge < -0.3 is 10.5 Å². The Balaban J connectivity index is 2.23. The molecule has 2 rings (SSSR count). The van der Waals surface area contributed by atoms with Crippen molar-refractivity contribution in [3.05, 3.63) is 32.2 Å². The van der Waals surface area contributed by atoms with Crippen LogP contribution in [0.2, 0.25) is 0 Å². The normalized spacial score (nSPS) is 22.5. The van der Waals surface area contributed by atoms with Gasteiger partial charge in [-0.15, -0.1) is 0 Å². The van der Waals surface area contributed by atoms with Gasteiger partial charge in [0.1, 0.15) is 0 Å². The number of halogens is 2. The molecule has 2 unspecified atom stereocenters. The molecule has 0 amide bonds. The van der Waals surface area contributed by atoms with Crippen molar-refractivity contribution in [1.82, 2.24) is 0 Å². The smallest absolute Gasteiger partial charge is 0.0512 e. The summed E-state index contributed by atoms with van der Waals surface area (Å²) in [4.78, 5) is 0. The second kappa shape index (κ2) is 5.83. The van der Waals surface area contributed by atoms with Gasteiger partial charge in [0.05, 0.1) is 6.61 Å². The molecule has 2 N–H and O–H groups in total. The van der Waals surface area contributed by atoms with Crippen LogP contribution in [0.3, 0.4) is 0 Å². The van der Waals surface area contributed by atoms with Gasteiger partial charge >= 0.3 is 0 Å². The zero-order valence-corrected chi connectivity index (χ0v) is 13.1. The van der Waals surface area contributed by atoms with E-state index in [1.165, 1.54) is 5.56 Å². The molecular formula is C13H17Br2NO. The summed E-state index contributed by atoms with van der Waals surface area (Å²) in [5.41, 5.74) is 8.74. The molecule has 1 aromatic carbocycles. The number of aryl methyl sites for hydroxylation is 1. The van der Waals surface area contributed by atoms with Gasteiger partial charge in [-0.05, 0) is 43.0 Å². The van der Waals surface area contributed by atoms with E-state index in [1.54, 1.807) is 0 Å². The Hall–Kier alpha value is 0.1000. The second-order valence-electron chi connectivity index (χ2n) is 4.63. The van der Waals surface area contributed by atoms with Gasteiger partial charge in [-0.2, -0.15) is 0 Å². The highest BCUT2D eigenvalue weighted by molar-refractivity contribution is 9.11. The molecule has 0 spiro atoms. The zero-order valence-electron chi connectivity index (χ0n) is 9.88. The third-order valence-electron chi connectivity index (χ3n) is 3.34. The van der Waals surface area contributed by atoms with Crippen molar-refractivity contribution in [3.8, 4) is 0 Å². The quantitative estimate of drug-likeness (QED) is 0.864. The lowest BCUT2D eigenvalue weighted by Crippen LogP contribution is -2.29. The zero-order chi connectivity index (χ0) is 12.4. The highest BCUT2D eigenvalue weighted by atomic mass is 79.9. The molecular weight excluding hydrogens is 346 g/mol. The number of rotatable bonds is 2. The van der Waals surface area contributed by atoms with Crippen LogP contribution in [-0.2, 0) is 4.74 Å². The minimum absolute atomic E-state index is 0.0431. The summed E-state index contributed by atoms with van der Waals surface area (Å²) in [6, 6.07) is 4.28. The van der Waals surface area contributed by atoms with Gasteiger partial charge in [0, 0.05) is 27.5 Å². The Morgan fingerprint density at radius 3 is 2.76 bits per heavy atom. The van der Waals surface area contributed by atoms with E-state index in [0.29, 0.717) is 5.92 Å². The van der Waals surface area contributed by atoms with E-state index in [4.69, 9.17) is 10.5 Å². The lowest BCUT2D eigenvalue weighted by molar-refractivity contribution is 0.0447. The fourth-order valence-electron chi connectivity index (χ4n) is 2.22. The minimum atomic E-state index is 0.0431. The molecule has 2 nitrogen and oxygen atoms in total. The molecule has 1 heterocycles. The Morgan fingerprint density at radius 1 is 1.35 bits per heavy atom. The average Bonchev–Trinajstić information content (AvgIpc) is 2.34. The molecule has 0 aliphatic carbocycles. The first-order chi connectivity index (χ1) is 8.09. The highest BCUT2D eigenvalue weighted by Gasteiger charge is 2.24. The molecule has 94 valence electrons. The lowest BCUT2D eigenvalue weighted by atomic mass is 9.89. The van der Waals surface area contributed by atoms with Crippen LogP contribution in [0.25, 0.3) is 0 Å². The van der Waals surface area contributed by atoms with E-state index in [1.807, 2.05) is 0 Å². The predicted molar refractivity (Wildman–Crippen MR) is 77.1 cm³/mol. The molecule has 1 aliphatic rings. The standard InChI is InChI=1S/C13H17Br2NO/c1-8-5-12(15)10(6-11(8)14)13(16)9-3-2-4-17-7-9/h5-6,9,13H,2-4,7,16H2,1H3. The van der Waals surface area contributed by atoms with Gasteiger partial charge in [0.25, 0.3) is 0 Å². The maximum absolute atomic E-state index is 6.36. The van der Waals surface area contributed by atoms with E-state index in [0.717, 1.165) is 40.6 Å². The Morgan fingerprint density at radius 2 is 2.12 bits per heavy atom. The fraction of sp³-hybridized carbons (Fsp3) is 0.538. The van der Waals surface area contributed by atoms with E-state index in [-0.39, 0.29) is 6.04 Å². The highest BCUT2D eigenvalue weighted by Crippen LogP contribution is 2.34. The van der Waals surface area contributed by atoms with Crippen molar-refractivity contribution in [2.45, 2.75) is 25.8 Å². The SMILES string of the molecule is Cc1cc(Br)c(C(N)C2CCCOC2)cc1Br. The van der Waals surface area contributed by atoms with Crippen LogP contribution < -0.4 is 5.73 Å². The van der Waals surface area contributed by atoms with Crippen LogP contribution in [0.5, 0.6) is 0 Å². The number of hydrogen-bond acceptors (Lipinski definition) is 2. The first-order valence-electron chi connectivity index (χ1n) is 5.88. The summed E-state index contributed by atoms with van der Waals surface area (Å²) < 4.78 is 7.72. The Bertz CT molecular complexity index is 403. The van der Waals surface area contributed by atoms with E-state index < -0.39 is 0 Å². The number of ether oxygens (including phenoxy) is 1. The molecule has 1 aromatic rings. The first kappa shape index (κ1) is 13.5. The maximum Gasteiger partial charge on any atom is 0.0512 e. The molecule has 0 bridgehead atoms. The van der Waals surface area contributed by atoms with Gasteiger partial charge in [-0.3, -0.25) is 0 Å². The summed E-state index contributed by atoms with van der Waals surface area (Å²) >= 11 is 7.17. The summed E-state index contributed by atoms with van der Waals surface area (Å²) in [5.74, 6) is 0.426. The van der Waals surface area contributed by atoms with Crippen LogP contribution in [0.4, 0.5) is 0 Å². The number of benzene rings is 1.